The molecule has 62 valence electrons. The van der Waals surface area contributed by atoms with Gasteiger partial charge in [0.05, 0.1) is 6.07 Å². The van der Waals surface area contributed by atoms with E-state index in [9.17, 15) is 0 Å². The zero-order valence-electron chi connectivity index (χ0n) is 7.26. The largest absolute Gasteiger partial charge is 0.363 e. The number of nitrogens with zero attached hydrogens (tertiary/aromatic N) is 1. The molecule has 1 saturated carbocycles. The van der Waals surface area contributed by atoms with E-state index in [0.717, 1.165) is 25.7 Å². The second kappa shape index (κ2) is 3.23. The Balaban J connectivity index is 2.74. The van der Waals surface area contributed by atoms with Gasteiger partial charge in [0.2, 0.25) is 0 Å². The molecule has 2 atom stereocenters. The topological polar surface area (TPSA) is 33.0 Å². The molecular weight excluding hydrogens is 138 g/mol. The molecule has 1 aliphatic rings. The minimum atomic E-state index is -0.450. The number of nitriles is 1. The van der Waals surface area contributed by atoms with Crippen molar-refractivity contribution in [1.29, 1.82) is 5.26 Å². The van der Waals surface area contributed by atoms with Crippen LogP contribution in [0.4, 0.5) is 0 Å². The van der Waals surface area contributed by atoms with Gasteiger partial charge in [-0.15, -0.1) is 0 Å². The molecule has 2 unspecified atom stereocenters. The normalized spacial score (nSPS) is 37.0. The fourth-order valence-corrected chi connectivity index (χ4v) is 2.04. The maximum atomic E-state index is 8.94. The molecule has 2 heteroatoms. The van der Waals surface area contributed by atoms with Crippen LogP contribution < -0.4 is 0 Å². The van der Waals surface area contributed by atoms with Crippen molar-refractivity contribution in [3.8, 4) is 6.07 Å². The Hall–Kier alpha value is -0.550. The van der Waals surface area contributed by atoms with E-state index in [1.54, 1.807) is 7.11 Å². The number of rotatable bonds is 2. The van der Waals surface area contributed by atoms with Crippen molar-refractivity contribution in [2.75, 3.05) is 7.11 Å². The van der Waals surface area contributed by atoms with E-state index < -0.39 is 5.60 Å². The third kappa shape index (κ3) is 1.25. The van der Waals surface area contributed by atoms with Crippen LogP contribution in [0.15, 0.2) is 0 Å². The molecule has 11 heavy (non-hydrogen) atoms. The molecule has 0 spiro atoms. The van der Waals surface area contributed by atoms with Gasteiger partial charge in [-0.25, -0.2) is 0 Å². The SMILES string of the molecule is CCC1CCCC1(C#N)OC. The minimum Gasteiger partial charge on any atom is -0.363 e. The number of methoxy groups -OCH3 is 1. The molecule has 0 heterocycles. The Morgan fingerprint density at radius 1 is 1.73 bits per heavy atom. The summed E-state index contributed by atoms with van der Waals surface area (Å²) in [4.78, 5) is 0. The van der Waals surface area contributed by atoms with Crippen LogP contribution in [0.1, 0.15) is 32.6 Å². The average Bonchev–Trinajstić information content (AvgIpc) is 2.47. The van der Waals surface area contributed by atoms with Gasteiger partial charge in [0, 0.05) is 13.0 Å². The Bertz CT molecular complexity index is 173. The number of ether oxygens (including phenoxy) is 1. The fraction of sp³-hybridized carbons (Fsp3) is 0.889. The van der Waals surface area contributed by atoms with Gasteiger partial charge in [0.25, 0.3) is 0 Å². The van der Waals surface area contributed by atoms with Crippen molar-refractivity contribution in [1.82, 2.24) is 0 Å². The molecule has 1 fully saturated rings. The standard InChI is InChI=1S/C9H15NO/c1-3-8-5-4-6-9(8,7-10)11-2/h8H,3-6H2,1-2H3. The highest BCUT2D eigenvalue weighted by Gasteiger charge is 2.42. The Morgan fingerprint density at radius 3 is 2.82 bits per heavy atom. The lowest BCUT2D eigenvalue weighted by Crippen LogP contribution is -2.33. The van der Waals surface area contributed by atoms with Crippen molar-refractivity contribution in [3.63, 3.8) is 0 Å². The highest BCUT2D eigenvalue weighted by atomic mass is 16.5. The monoisotopic (exact) mass is 153 g/mol. The first-order chi connectivity index (χ1) is 5.29. The van der Waals surface area contributed by atoms with E-state index in [1.165, 1.54) is 0 Å². The molecule has 1 aliphatic carbocycles. The predicted molar refractivity (Wildman–Crippen MR) is 43.0 cm³/mol. The summed E-state index contributed by atoms with van der Waals surface area (Å²) in [5, 5.41) is 8.94. The number of hydrogen-bond acceptors (Lipinski definition) is 2. The molecule has 0 aromatic heterocycles. The summed E-state index contributed by atoms with van der Waals surface area (Å²) in [7, 11) is 1.65. The highest BCUT2D eigenvalue weighted by molar-refractivity contribution is 5.08. The summed E-state index contributed by atoms with van der Waals surface area (Å²) in [5.41, 5.74) is -0.450. The van der Waals surface area contributed by atoms with Crippen LogP contribution in [0.3, 0.4) is 0 Å². The molecule has 1 rings (SSSR count). The average molecular weight is 153 g/mol. The van der Waals surface area contributed by atoms with Crippen LogP contribution in [0, 0.1) is 17.2 Å². The molecule has 0 amide bonds. The second-order valence-electron chi connectivity index (χ2n) is 3.20. The van der Waals surface area contributed by atoms with E-state index >= 15 is 0 Å². The summed E-state index contributed by atoms with van der Waals surface area (Å²) in [6.07, 6.45) is 4.26. The first kappa shape index (κ1) is 8.55. The minimum absolute atomic E-state index is 0.450. The maximum Gasteiger partial charge on any atom is 0.156 e. The zero-order valence-corrected chi connectivity index (χ0v) is 7.26. The van der Waals surface area contributed by atoms with Crippen LogP contribution in [-0.2, 0) is 4.74 Å². The lowest BCUT2D eigenvalue weighted by atomic mass is 9.90. The third-order valence-electron chi connectivity index (χ3n) is 2.81. The first-order valence-corrected chi connectivity index (χ1v) is 4.25. The Labute approximate surface area is 68.2 Å². The smallest absolute Gasteiger partial charge is 0.156 e. The second-order valence-corrected chi connectivity index (χ2v) is 3.20. The van der Waals surface area contributed by atoms with Gasteiger partial charge in [-0.05, 0) is 25.7 Å². The number of hydrogen-bond donors (Lipinski definition) is 0. The van der Waals surface area contributed by atoms with Crippen LogP contribution in [0.25, 0.3) is 0 Å². The van der Waals surface area contributed by atoms with Crippen molar-refractivity contribution in [2.24, 2.45) is 5.92 Å². The summed E-state index contributed by atoms with van der Waals surface area (Å²) in [6.45, 7) is 2.13. The summed E-state index contributed by atoms with van der Waals surface area (Å²) < 4.78 is 5.29. The van der Waals surface area contributed by atoms with Gasteiger partial charge in [-0.1, -0.05) is 6.92 Å². The van der Waals surface area contributed by atoms with Crippen molar-refractivity contribution < 1.29 is 4.74 Å². The fourth-order valence-electron chi connectivity index (χ4n) is 2.04. The maximum absolute atomic E-state index is 8.94. The predicted octanol–water partition coefficient (Wildman–Crippen LogP) is 2.11. The molecule has 0 aromatic carbocycles. The van der Waals surface area contributed by atoms with Crippen molar-refractivity contribution >= 4 is 0 Å². The molecule has 0 radical (unpaired) electrons. The Kier molecular flexibility index (Phi) is 2.51. The molecular formula is C9H15NO. The van der Waals surface area contributed by atoms with Gasteiger partial charge >= 0.3 is 0 Å². The van der Waals surface area contributed by atoms with Crippen molar-refractivity contribution in [3.05, 3.63) is 0 Å². The lowest BCUT2D eigenvalue weighted by molar-refractivity contribution is 0.00619. The van der Waals surface area contributed by atoms with Crippen molar-refractivity contribution in [2.45, 2.75) is 38.2 Å². The van der Waals surface area contributed by atoms with E-state index in [2.05, 4.69) is 13.0 Å². The molecule has 0 aliphatic heterocycles. The Morgan fingerprint density at radius 2 is 2.45 bits per heavy atom. The van der Waals surface area contributed by atoms with Crippen LogP contribution >= 0.6 is 0 Å². The van der Waals surface area contributed by atoms with Crippen LogP contribution in [-0.4, -0.2) is 12.7 Å². The molecule has 0 bridgehead atoms. The van der Waals surface area contributed by atoms with Crippen LogP contribution in [0.5, 0.6) is 0 Å². The van der Waals surface area contributed by atoms with Gasteiger partial charge in [-0.2, -0.15) is 5.26 Å². The van der Waals surface area contributed by atoms with Gasteiger partial charge in [-0.3, -0.25) is 0 Å². The van der Waals surface area contributed by atoms with Gasteiger partial charge in [0.1, 0.15) is 0 Å². The molecule has 2 nitrogen and oxygen atoms in total. The van der Waals surface area contributed by atoms with Crippen LogP contribution in [0.2, 0.25) is 0 Å². The van der Waals surface area contributed by atoms with Gasteiger partial charge < -0.3 is 4.74 Å². The lowest BCUT2D eigenvalue weighted by Gasteiger charge is -2.25. The van der Waals surface area contributed by atoms with E-state index in [1.807, 2.05) is 0 Å². The van der Waals surface area contributed by atoms with Gasteiger partial charge in [0.15, 0.2) is 5.60 Å². The van der Waals surface area contributed by atoms with E-state index in [-0.39, 0.29) is 0 Å². The molecule has 0 N–H and O–H groups in total. The summed E-state index contributed by atoms with van der Waals surface area (Å²) in [5.74, 6) is 0.456. The quantitative estimate of drug-likeness (QED) is 0.608. The highest BCUT2D eigenvalue weighted by Crippen LogP contribution is 2.39. The summed E-state index contributed by atoms with van der Waals surface area (Å²) in [6, 6.07) is 2.31. The third-order valence-corrected chi connectivity index (χ3v) is 2.81. The van der Waals surface area contributed by atoms with E-state index in [0.29, 0.717) is 5.92 Å². The zero-order chi connectivity index (χ0) is 8.32. The summed E-state index contributed by atoms with van der Waals surface area (Å²) >= 11 is 0. The van der Waals surface area contributed by atoms with E-state index in [4.69, 9.17) is 10.00 Å². The first-order valence-electron chi connectivity index (χ1n) is 4.25. The molecule has 0 saturated heterocycles. The molecule has 0 aromatic rings.